The minimum atomic E-state index is -0.125. The van der Waals surface area contributed by atoms with Crippen molar-refractivity contribution in [2.75, 3.05) is 23.7 Å². The Morgan fingerprint density at radius 1 is 1.25 bits per heavy atom. The van der Waals surface area contributed by atoms with Crippen LogP contribution in [0.5, 0.6) is 0 Å². The summed E-state index contributed by atoms with van der Waals surface area (Å²) in [6, 6.07) is 7.17. The zero-order valence-corrected chi connectivity index (χ0v) is 12.3. The number of carbonyl (C=O) groups excluding carboxylic acids is 2. The fourth-order valence-corrected chi connectivity index (χ4v) is 2.20. The van der Waals surface area contributed by atoms with Gasteiger partial charge in [-0.1, -0.05) is 6.07 Å². The minimum Gasteiger partial charge on any atom is -0.326 e. The van der Waals surface area contributed by atoms with Gasteiger partial charge >= 0.3 is 0 Å². The van der Waals surface area contributed by atoms with Gasteiger partial charge in [-0.3, -0.25) is 9.59 Å². The maximum Gasteiger partial charge on any atom is 0.228 e. The fourth-order valence-electron chi connectivity index (χ4n) is 2.20. The Balaban J connectivity index is 0.00000200. The Bertz CT molecular complexity index is 473. The van der Waals surface area contributed by atoms with Crippen LogP contribution < -0.4 is 16.0 Å². The van der Waals surface area contributed by atoms with Crippen LogP contribution in [0.25, 0.3) is 0 Å². The van der Waals surface area contributed by atoms with E-state index in [9.17, 15) is 9.59 Å². The van der Waals surface area contributed by atoms with Gasteiger partial charge < -0.3 is 16.0 Å². The number of halogens is 1. The van der Waals surface area contributed by atoms with E-state index in [1.165, 1.54) is 6.92 Å². The second-order valence-electron chi connectivity index (χ2n) is 4.79. The van der Waals surface area contributed by atoms with Crippen LogP contribution in [0, 0.1) is 5.92 Å². The molecule has 3 N–H and O–H groups in total. The van der Waals surface area contributed by atoms with Gasteiger partial charge in [-0.2, -0.15) is 0 Å². The monoisotopic (exact) mass is 297 g/mol. The fraction of sp³-hybridized carbons (Fsp3) is 0.429. The van der Waals surface area contributed by atoms with E-state index in [-0.39, 0.29) is 30.1 Å². The first-order chi connectivity index (χ1) is 9.15. The lowest BCUT2D eigenvalue weighted by molar-refractivity contribution is -0.120. The third kappa shape index (κ3) is 4.83. The average molecular weight is 298 g/mol. The number of piperidine rings is 1. The van der Waals surface area contributed by atoms with E-state index < -0.39 is 0 Å². The van der Waals surface area contributed by atoms with Crippen LogP contribution in [0.4, 0.5) is 11.4 Å². The lowest BCUT2D eigenvalue weighted by Crippen LogP contribution is -2.37. The molecule has 20 heavy (non-hydrogen) atoms. The molecule has 0 aliphatic carbocycles. The first kappa shape index (κ1) is 16.5. The van der Waals surface area contributed by atoms with Crippen LogP contribution in [0.3, 0.4) is 0 Å². The molecule has 0 radical (unpaired) electrons. The minimum absolute atomic E-state index is 0. The summed E-state index contributed by atoms with van der Waals surface area (Å²) >= 11 is 0. The van der Waals surface area contributed by atoms with Crippen molar-refractivity contribution < 1.29 is 9.59 Å². The maximum atomic E-state index is 12.1. The maximum absolute atomic E-state index is 12.1. The van der Waals surface area contributed by atoms with Crippen molar-refractivity contribution in [2.45, 2.75) is 19.8 Å². The van der Waals surface area contributed by atoms with Crippen molar-refractivity contribution in [1.29, 1.82) is 0 Å². The lowest BCUT2D eigenvalue weighted by atomic mass is 9.99. The van der Waals surface area contributed by atoms with Gasteiger partial charge in [0.2, 0.25) is 11.8 Å². The van der Waals surface area contributed by atoms with Gasteiger partial charge in [0.25, 0.3) is 0 Å². The highest BCUT2D eigenvalue weighted by Crippen LogP contribution is 2.17. The van der Waals surface area contributed by atoms with Gasteiger partial charge in [0.1, 0.15) is 0 Å². The first-order valence-corrected chi connectivity index (χ1v) is 6.54. The van der Waals surface area contributed by atoms with Crippen LogP contribution in [-0.4, -0.2) is 24.9 Å². The number of anilines is 2. The summed E-state index contributed by atoms with van der Waals surface area (Å²) in [6.07, 6.45) is 1.95. The van der Waals surface area contributed by atoms with Gasteiger partial charge in [0, 0.05) is 24.8 Å². The predicted molar refractivity (Wildman–Crippen MR) is 82.2 cm³/mol. The normalized spacial score (nSPS) is 17.8. The molecule has 0 saturated carbocycles. The third-order valence-electron chi connectivity index (χ3n) is 3.12. The molecule has 1 heterocycles. The van der Waals surface area contributed by atoms with Crippen molar-refractivity contribution >= 4 is 35.6 Å². The largest absolute Gasteiger partial charge is 0.326 e. The molecule has 1 saturated heterocycles. The molecule has 6 heteroatoms. The summed E-state index contributed by atoms with van der Waals surface area (Å²) in [4.78, 5) is 23.0. The van der Waals surface area contributed by atoms with Crippen molar-refractivity contribution in [3.63, 3.8) is 0 Å². The molecule has 1 unspecified atom stereocenters. The first-order valence-electron chi connectivity index (χ1n) is 6.54. The van der Waals surface area contributed by atoms with E-state index >= 15 is 0 Å². The Hall–Kier alpha value is -1.59. The molecule has 1 aromatic carbocycles. The average Bonchev–Trinajstić information content (AvgIpc) is 2.39. The van der Waals surface area contributed by atoms with Gasteiger partial charge in [-0.05, 0) is 37.6 Å². The number of carbonyl (C=O) groups is 2. The van der Waals surface area contributed by atoms with Crippen LogP contribution in [0.1, 0.15) is 19.8 Å². The zero-order valence-electron chi connectivity index (χ0n) is 11.4. The Kier molecular flexibility index (Phi) is 6.48. The van der Waals surface area contributed by atoms with Crippen LogP contribution in [0.15, 0.2) is 24.3 Å². The number of hydrogen-bond donors (Lipinski definition) is 3. The molecule has 1 aromatic rings. The summed E-state index contributed by atoms with van der Waals surface area (Å²) in [5.41, 5.74) is 1.40. The molecule has 0 aromatic heterocycles. The standard InChI is InChI=1S/C14H19N3O2.ClH/c1-10(18)16-12-5-2-6-13(8-12)17-14(19)11-4-3-7-15-9-11;/h2,5-6,8,11,15H,3-4,7,9H2,1H3,(H,16,18)(H,17,19);1H. The van der Waals surface area contributed by atoms with E-state index in [0.29, 0.717) is 11.4 Å². The molecule has 1 fully saturated rings. The SMILES string of the molecule is CC(=O)Nc1cccc(NC(=O)C2CCCNC2)c1.Cl. The number of hydrogen-bond acceptors (Lipinski definition) is 3. The lowest BCUT2D eigenvalue weighted by Gasteiger charge is -2.22. The Morgan fingerprint density at radius 3 is 2.55 bits per heavy atom. The van der Waals surface area contributed by atoms with Crippen molar-refractivity contribution in [3.05, 3.63) is 24.3 Å². The molecule has 2 amide bonds. The predicted octanol–water partition coefficient (Wildman–Crippen LogP) is 2.00. The molecule has 1 aliphatic rings. The van der Waals surface area contributed by atoms with E-state index in [2.05, 4.69) is 16.0 Å². The van der Waals surface area contributed by atoms with E-state index in [1.54, 1.807) is 18.2 Å². The smallest absolute Gasteiger partial charge is 0.228 e. The molecule has 2 rings (SSSR count). The highest BCUT2D eigenvalue weighted by atomic mass is 35.5. The van der Waals surface area contributed by atoms with Gasteiger partial charge in [-0.25, -0.2) is 0 Å². The number of nitrogens with one attached hydrogen (secondary N) is 3. The van der Waals surface area contributed by atoms with Crippen molar-refractivity contribution in [1.82, 2.24) is 5.32 Å². The molecule has 0 spiro atoms. The summed E-state index contributed by atoms with van der Waals surface area (Å²) < 4.78 is 0. The summed E-state index contributed by atoms with van der Waals surface area (Å²) in [5, 5.41) is 8.81. The second-order valence-corrected chi connectivity index (χ2v) is 4.79. The zero-order chi connectivity index (χ0) is 13.7. The molecular formula is C14H20ClN3O2. The summed E-state index contributed by atoms with van der Waals surface area (Å²) in [5.74, 6) is -0.0645. The van der Waals surface area contributed by atoms with Gasteiger partial charge in [0.15, 0.2) is 0 Å². The van der Waals surface area contributed by atoms with Crippen molar-refractivity contribution in [2.24, 2.45) is 5.92 Å². The molecular weight excluding hydrogens is 278 g/mol. The van der Waals surface area contributed by atoms with Crippen molar-refractivity contribution in [3.8, 4) is 0 Å². The molecule has 1 atom stereocenters. The summed E-state index contributed by atoms with van der Waals surface area (Å²) in [6.45, 7) is 3.18. The van der Waals surface area contributed by atoms with Crippen LogP contribution in [-0.2, 0) is 9.59 Å². The van der Waals surface area contributed by atoms with Crippen LogP contribution >= 0.6 is 12.4 Å². The molecule has 1 aliphatic heterocycles. The third-order valence-corrected chi connectivity index (χ3v) is 3.12. The quantitative estimate of drug-likeness (QED) is 0.799. The van der Waals surface area contributed by atoms with Gasteiger partial charge in [0.05, 0.1) is 5.92 Å². The molecule has 0 bridgehead atoms. The van der Waals surface area contributed by atoms with E-state index in [0.717, 1.165) is 25.9 Å². The van der Waals surface area contributed by atoms with Gasteiger partial charge in [-0.15, -0.1) is 12.4 Å². The number of amides is 2. The highest BCUT2D eigenvalue weighted by Gasteiger charge is 2.20. The van der Waals surface area contributed by atoms with E-state index in [4.69, 9.17) is 0 Å². The topological polar surface area (TPSA) is 70.2 Å². The Labute approximate surface area is 124 Å². The molecule has 5 nitrogen and oxygen atoms in total. The highest BCUT2D eigenvalue weighted by molar-refractivity contribution is 5.94. The number of benzene rings is 1. The molecule has 110 valence electrons. The Morgan fingerprint density at radius 2 is 1.95 bits per heavy atom. The van der Waals surface area contributed by atoms with Crippen LogP contribution in [0.2, 0.25) is 0 Å². The second kappa shape index (κ2) is 7.87. The van der Waals surface area contributed by atoms with E-state index in [1.807, 2.05) is 6.07 Å². The number of rotatable bonds is 3. The summed E-state index contributed by atoms with van der Waals surface area (Å²) in [7, 11) is 0.